The Morgan fingerprint density at radius 1 is 0.971 bits per heavy atom. The number of carbonyl (C=O) groups excluding carboxylic acids is 1. The van der Waals surface area contributed by atoms with Gasteiger partial charge in [-0.1, -0.05) is 73.0 Å². The second-order valence-electron chi connectivity index (χ2n) is 8.98. The summed E-state index contributed by atoms with van der Waals surface area (Å²) in [6, 6.07) is 23.9. The molecule has 1 aliphatic rings. The van der Waals surface area contributed by atoms with Gasteiger partial charge in [0.2, 0.25) is 5.91 Å². The molecular weight excluding hydrogens is 444 g/mol. The molecule has 34 heavy (non-hydrogen) atoms. The molecule has 0 aliphatic heterocycles. The minimum atomic E-state index is -0.229. The van der Waals surface area contributed by atoms with E-state index < -0.39 is 0 Å². The molecule has 0 aromatic heterocycles. The number of amides is 1. The van der Waals surface area contributed by atoms with Crippen LogP contribution in [0.2, 0.25) is 5.02 Å². The van der Waals surface area contributed by atoms with E-state index in [1.54, 1.807) is 6.08 Å². The van der Waals surface area contributed by atoms with Crippen LogP contribution in [0.3, 0.4) is 0 Å². The van der Waals surface area contributed by atoms with Crippen LogP contribution >= 0.6 is 11.6 Å². The number of halogens is 1. The second kappa shape index (κ2) is 11.5. The highest BCUT2D eigenvalue weighted by Crippen LogP contribution is 2.24. The SMILES string of the molecule is CN(Cc1ccc(C=CC(=O)Nc2ccc(-c3ccc(Cl)cc3)cc2)cc1)C1CCCCC1O. The number of rotatable bonds is 7. The van der Waals surface area contributed by atoms with Crippen molar-refractivity contribution >= 4 is 29.3 Å². The van der Waals surface area contributed by atoms with Gasteiger partial charge in [0.15, 0.2) is 0 Å². The van der Waals surface area contributed by atoms with Gasteiger partial charge >= 0.3 is 0 Å². The van der Waals surface area contributed by atoms with Crippen LogP contribution in [0.1, 0.15) is 36.8 Å². The van der Waals surface area contributed by atoms with Gasteiger partial charge in [-0.05, 0) is 72.5 Å². The third-order valence-electron chi connectivity index (χ3n) is 6.43. The second-order valence-corrected chi connectivity index (χ2v) is 9.42. The topological polar surface area (TPSA) is 52.6 Å². The largest absolute Gasteiger partial charge is 0.391 e. The molecule has 3 aromatic carbocycles. The van der Waals surface area contributed by atoms with Gasteiger partial charge in [-0.3, -0.25) is 9.69 Å². The third kappa shape index (κ3) is 6.57. The van der Waals surface area contributed by atoms with E-state index in [-0.39, 0.29) is 18.1 Å². The van der Waals surface area contributed by atoms with Crippen molar-refractivity contribution < 1.29 is 9.90 Å². The molecule has 1 saturated carbocycles. The van der Waals surface area contributed by atoms with Crippen molar-refractivity contribution in [2.45, 2.75) is 44.4 Å². The first kappa shape index (κ1) is 24.2. The normalized spacial score (nSPS) is 18.4. The van der Waals surface area contributed by atoms with E-state index in [0.717, 1.165) is 48.2 Å². The summed E-state index contributed by atoms with van der Waals surface area (Å²) in [4.78, 5) is 14.6. The van der Waals surface area contributed by atoms with Crippen LogP contribution < -0.4 is 5.32 Å². The van der Waals surface area contributed by atoms with Crippen LogP contribution in [0.4, 0.5) is 5.69 Å². The quantitative estimate of drug-likeness (QED) is 0.390. The van der Waals surface area contributed by atoms with Crippen molar-refractivity contribution in [3.05, 3.63) is 95.0 Å². The Kier molecular flexibility index (Phi) is 8.17. The first-order chi connectivity index (χ1) is 16.5. The molecule has 2 N–H and O–H groups in total. The van der Waals surface area contributed by atoms with Gasteiger partial charge in [0.1, 0.15) is 0 Å². The van der Waals surface area contributed by atoms with Crippen molar-refractivity contribution in [2.24, 2.45) is 0 Å². The molecular formula is C29H31ClN2O2. The number of benzene rings is 3. The summed E-state index contributed by atoms with van der Waals surface area (Å²) in [6.45, 7) is 0.804. The number of hydrogen-bond acceptors (Lipinski definition) is 3. The number of hydrogen-bond donors (Lipinski definition) is 2. The molecule has 0 spiro atoms. The Hall–Kier alpha value is -2.92. The number of anilines is 1. The van der Waals surface area contributed by atoms with E-state index in [1.807, 2.05) is 66.7 Å². The number of nitrogens with one attached hydrogen (secondary N) is 1. The van der Waals surface area contributed by atoms with E-state index in [2.05, 4.69) is 29.4 Å². The summed E-state index contributed by atoms with van der Waals surface area (Å²) in [5.74, 6) is -0.172. The minimum Gasteiger partial charge on any atom is -0.391 e. The molecule has 1 fully saturated rings. The number of likely N-dealkylation sites (N-methyl/N-ethyl adjacent to an activating group) is 1. The summed E-state index contributed by atoms with van der Waals surface area (Å²) >= 11 is 5.95. The fraction of sp³-hybridized carbons (Fsp3) is 0.276. The molecule has 0 radical (unpaired) electrons. The van der Waals surface area contributed by atoms with Gasteiger partial charge in [-0.15, -0.1) is 0 Å². The molecule has 1 amide bonds. The third-order valence-corrected chi connectivity index (χ3v) is 6.68. The van der Waals surface area contributed by atoms with Crippen molar-refractivity contribution in [2.75, 3.05) is 12.4 Å². The molecule has 1 aliphatic carbocycles. The monoisotopic (exact) mass is 474 g/mol. The van der Waals surface area contributed by atoms with Gasteiger partial charge in [0.25, 0.3) is 0 Å². The van der Waals surface area contributed by atoms with E-state index >= 15 is 0 Å². The Balaban J connectivity index is 1.29. The highest BCUT2D eigenvalue weighted by atomic mass is 35.5. The molecule has 4 rings (SSSR count). The van der Waals surface area contributed by atoms with Crippen LogP contribution in [0.15, 0.2) is 78.9 Å². The highest BCUT2D eigenvalue weighted by Gasteiger charge is 2.26. The molecule has 4 nitrogen and oxygen atoms in total. The maximum Gasteiger partial charge on any atom is 0.248 e. The average molecular weight is 475 g/mol. The zero-order chi connectivity index (χ0) is 23.9. The fourth-order valence-electron chi connectivity index (χ4n) is 4.49. The molecule has 2 unspecified atom stereocenters. The lowest BCUT2D eigenvalue weighted by Crippen LogP contribution is -2.42. The molecule has 2 atom stereocenters. The number of nitrogens with zero attached hydrogens (tertiary/aromatic N) is 1. The summed E-state index contributed by atoms with van der Waals surface area (Å²) in [6.07, 6.45) is 7.39. The van der Waals surface area contributed by atoms with Gasteiger partial charge in [0, 0.05) is 29.4 Å². The molecule has 0 saturated heterocycles. The van der Waals surface area contributed by atoms with Gasteiger partial charge < -0.3 is 10.4 Å². The zero-order valence-electron chi connectivity index (χ0n) is 19.5. The standard InChI is InChI=1S/C29H31ClN2O2/c1-32(27-4-2-3-5-28(27)33)20-22-8-6-21(7-9-22)10-19-29(34)31-26-17-13-24(14-18-26)23-11-15-25(30)16-12-23/h6-19,27-28,33H,2-5,20H2,1H3,(H,31,34). The Morgan fingerprint density at radius 3 is 2.24 bits per heavy atom. The zero-order valence-corrected chi connectivity index (χ0v) is 20.2. The number of aliphatic hydroxyl groups is 1. The van der Waals surface area contributed by atoms with Gasteiger partial charge in [-0.25, -0.2) is 0 Å². The first-order valence-electron chi connectivity index (χ1n) is 11.8. The van der Waals surface area contributed by atoms with Crippen LogP contribution in [0.5, 0.6) is 0 Å². The molecule has 0 bridgehead atoms. The van der Waals surface area contributed by atoms with E-state index in [1.165, 1.54) is 12.0 Å². The predicted molar refractivity (Wildman–Crippen MR) is 141 cm³/mol. The maximum atomic E-state index is 12.4. The molecule has 176 valence electrons. The Bertz CT molecular complexity index is 1110. The Labute approximate surface area is 206 Å². The van der Waals surface area contributed by atoms with Crippen molar-refractivity contribution in [3.8, 4) is 11.1 Å². The predicted octanol–water partition coefficient (Wildman–Crippen LogP) is 6.39. The summed E-state index contributed by atoms with van der Waals surface area (Å²) in [7, 11) is 2.08. The summed E-state index contributed by atoms with van der Waals surface area (Å²) < 4.78 is 0. The highest BCUT2D eigenvalue weighted by molar-refractivity contribution is 6.30. The molecule has 0 heterocycles. The van der Waals surface area contributed by atoms with Gasteiger partial charge in [0.05, 0.1) is 6.10 Å². The summed E-state index contributed by atoms with van der Waals surface area (Å²) in [5.41, 5.74) is 5.05. The van der Waals surface area contributed by atoms with Crippen LogP contribution in [0.25, 0.3) is 17.2 Å². The van der Waals surface area contributed by atoms with E-state index in [4.69, 9.17) is 11.6 Å². The molecule has 5 heteroatoms. The maximum absolute atomic E-state index is 12.4. The Morgan fingerprint density at radius 2 is 1.59 bits per heavy atom. The van der Waals surface area contributed by atoms with Crippen molar-refractivity contribution in [1.82, 2.24) is 4.90 Å². The van der Waals surface area contributed by atoms with Crippen molar-refractivity contribution in [1.29, 1.82) is 0 Å². The van der Waals surface area contributed by atoms with Gasteiger partial charge in [-0.2, -0.15) is 0 Å². The minimum absolute atomic E-state index is 0.172. The first-order valence-corrected chi connectivity index (χ1v) is 12.2. The summed E-state index contributed by atoms with van der Waals surface area (Å²) in [5, 5.41) is 13.9. The lowest BCUT2D eigenvalue weighted by molar-refractivity contribution is -0.111. The van der Waals surface area contributed by atoms with Crippen LogP contribution in [-0.2, 0) is 11.3 Å². The average Bonchev–Trinajstić information content (AvgIpc) is 2.85. The van der Waals surface area contributed by atoms with E-state index in [0.29, 0.717) is 5.02 Å². The van der Waals surface area contributed by atoms with Crippen molar-refractivity contribution in [3.63, 3.8) is 0 Å². The smallest absolute Gasteiger partial charge is 0.248 e. The fourth-order valence-corrected chi connectivity index (χ4v) is 4.62. The van der Waals surface area contributed by atoms with Crippen LogP contribution in [0, 0.1) is 0 Å². The van der Waals surface area contributed by atoms with Crippen LogP contribution in [-0.4, -0.2) is 35.1 Å². The molecule has 3 aromatic rings. The number of carbonyl (C=O) groups is 1. The number of aliphatic hydroxyl groups excluding tert-OH is 1. The lowest BCUT2D eigenvalue weighted by atomic mass is 9.91. The lowest BCUT2D eigenvalue weighted by Gasteiger charge is -2.35. The van der Waals surface area contributed by atoms with E-state index in [9.17, 15) is 9.90 Å².